The molecule has 3 nitrogen and oxygen atoms in total. The normalized spacial score (nSPS) is 10.1. The van der Waals surface area contributed by atoms with Crippen LogP contribution in [0.5, 0.6) is 0 Å². The van der Waals surface area contributed by atoms with Gasteiger partial charge in [-0.3, -0.25) is 4.79 Å². The smallest absolute Gasteiger partial charge is 0.223 e. The van der Waals surface area contributed by atoms with Crippen molar-refractivity contribution in [3.8, 4) is 0 Å². The van der Waals surface area contributed by atoms with Crippen LogP contribution in [-0.2, 0) is 11.2 Å². The fourth-order valence-electron chi connectivity index (χ4n) is 1.88. The van der Waals surface area contributed by atoms with Crippen LogP contribution >= 0.6 is 12.2 Å². The second-order valence-corrected chi connectivity index (χ2v) is 5.35. The molecule has 0 radical (unpaired) electrons. The third-order valence-electron chi connectivity index (χ3n) is 3.08. The van der Waals surface area contributed by atoms with Gasteiger partial charge in [0.1, 0.15) is 0 Å². The third-order valence-corrected chi connectivity index (χ3v) is 3.28. The molecule has 0 atom stereocenters. The first-order chi connectivity index (χ1) is 9.52. The lowest BCUT2D eigenvalue weighted by Gasteiger charge is -2.21. The molecule has 0 unspecified atom stereocenters. The van der Waals surface area contributed by atoms with Crippen molar-refractivity contribution in [3.05, 3.63) is 48.0 Å². The molecule has 1 aromatic rings. The van der Waals surface area contributed by atoms with Crippen molar-refractivity contribution in [1.29, 1.82) is 0 Å². The van der Waals surface area contributed by atoms with Gasteiger partial charge in [-0.05, 0) is 18.9 Å². The predicted octanol–water partition coefficient (Wildman–Crippen LogP) is 2.62. The van der Waals surface area contributed by atoms with E-state index in [1.165, 1.54) is 11.1 Å². The van der Waals surface area contributed by atoms with E-state index in [1.54, 1.807) is 11.0 Å². The number of thiocarbonyl (C=S) groups is 1. The van der Waals surface area contributed by atoms with Gasteiger partial charge in [0.25, 0.3) is 0 Å². The van der Waals surface area contributed by atoms with Crippen molar-refractivity contribution in [2.45, 2.75) is 26.2 Å². The van der Waals surface area contributed by atoms with Crippen molar-refractivity contribution in [2.75, 3.05) is 13.1 Å². The fourth-order valence-corrected chi connectivity index (χ4v) is 1.97. The van der Waals surface area contributed by atoms with E-state index in [0.29, 0.717) is 30.9 Å². The summed E-state index contributed by atoms with van der Waals surface area (Å²) in [6, 6.07) is 8.26. The summed E-state index contributed by atoms with van der Waals surface area (Å²) in [6.45, 7) is 6.83. The van der Waals surface area contributed by atoms with Gasteiger partial charge in [0.05, 0.1) is 4.99 Å². The second-order valence-electron chi connectivity index (χ2n) is 4.83. The number of nitrogens with zero attached hydrogens (tertiary/aromatic N) is 1. The molecule has 0 aliphatic carbocycles. The summed E-state index contributed by atoms with van der Waals surface area (Å²) in [7, 11) is 0. The van der Waals surface area contributed by atoms with Crippen molar-refractivity contribution in [2.24, 2.45) is 5.73 Å². The van der Waals surface area contributed by atoms with E-state index in [-0.39, 0.29) is 5.91 Å². The predicted molar refractivity (Wildman–Crippen MR) is 87.7 cm³/mol. The summed E-state index contributed by atoms with van der Waals surface area (Å²) < 4.78 is 0. The van der Waals surface area contributed by atoms with Crippen LogP contribution in [0.15, 0.2) is 36.9 Å². The van der Waals surface area contributed by atoms with Crippen molar-refractivity contribution >= 4 is 23.1 Å². The molecule has 0 spiro atoms. The van der Waals surface area contributed by atoms with Gasteiger partial charge in [-0.1, -0.05) is 48.1 Å². The minimum Gasteiger partial charge on any atom is -0.393 e. The van der Waals surface area contributed by atoms with Gasteiger partial charge in [0.2, 0.25) is 5.91 Å². The van der Waals surface area contributed by atoms with Crippen LogP contribution < -0.4 is 5.73 Å². The van der Waals surface area contributed by atoms with Gasteiger partial charge >= 0.3 is 0 Å². The Morgan fingerprint density at radius 3 is 2.55 bits per heavy atom. The van der Waals surface area contributed by atoms with Crippen LogP contribution in [0.25, 0.3) is 0 Å². The highest BCUT2D eigenvalue weighted by atomic mass is 32.1. The molecule has 2 N–H and O–H groups in total. The summed E-state index contributed by atoms with van der Waals surface area (Å²) in [5.74, 6) is 0.113. The van der Waals surface area contributed by atoms with Gasteiger partial charge < -0.3 is 10.6 Å². The van der Waals surface area contributed by atoms with Crippen LogP contribution in [0.4, 0.5) is 0 Å². The SMILES string of the molecule is C=CCN(CCC(N)=S)C(=O)CCc1ccc(C)cc1. The molecule has 0 saturated heterocycles. The number of benzene rings is 1. The second kappa shape index (κ2) is 8.48. The van der Waals surface area contributed by atoms with Gasteiger partial charge in [0.15, 0.2) is 0 Å². The van der Waals surface area contributed by atoms with E-state index in [4.69, 9.17) is 18.0 Å². The molecule has 0 aliphatic heterocycles. The van der Waals surface area contributed by atoms with Gasteiger partial charge in [-0.2, -0.15) is 0 Å². The van der Waals surface area contributed by atoms with Crippen LogP contribution in [0, 0.1) is 6.92 Å². The number of carbonyl (C=O) groups excluding carboxylic acids is 1. The monoisotopic (exact) mass is 290 g/mol. The molecule has 0 aromatic heterocycles. The molecule has 0 saturated carbocycles. The van der Waals surface area contributed by atoms with E-state index in [0.717, 1.165) is 6.42 Å². The Morgan fingerprint density at radius 2 is 2.00 bits per heavy atom. The van der Waals surface area contributed by atoms with E-state index in [2.05, 4.69) is 37.8 Å². The van der Waals surface area contributed by atoms with E-state index in [1.807, 2.05) is 0 Å². The van der Waals surface area contributed by atoms with Crippen LogP contribution in [0.1, 0.15) is 24.0 Å². The lowest BCUT2D eigenvalue weighted by atomic mass is 10.1. The summed E-state index contributed by atoms with van der Waals surface area (Å²) in [5.41, 5.74) is 7.89. The molecular weight excluding hydrogens is 268 g/mol. The Bertz CT molecular complexity index is 468. The minimum atomic E-state index is 0.113. The van der Waals surface area contributed by atoms with E-state index in [9.17, 15) is 4.79 Å². The summed E-state index contributed by atoms with van der Waals surface area (Å²) in [5, 5.41) is 0. The largest absolute Gasteiger partial charge is 0.393 e. The minimum absolute atomic E-state index is 0.113. The molecule has 1 aromatic carbocycles. The Labute approximate surface area is 126 Å². The molecule has 0 aliphatic rings. The highest BCUT2D eigenvalue weighted by molar-refractivity contribution is 7.80. The molecular formula is C16H22N2OS. The maximum atomic E-state index is 12.2. The number of rotatable bonds is 8. The third kappa shape index (κ3) is 5.97. The average molecular weight is 290 g/mol. The van der Waals surface area contributed by atoms with Crippen LogP contribution in [-0.4, -0.2) is 28.9 Å². The Morgan fingerprint density at radius 1 is 1.35 bits per heavy atom. The number of hydrogen-bond donors (Lipinski definition) is 1. The maximum Gasteiger partial charge on any atom is 0.223 e. The Kier molecular flexibility index (Phi) is 6.94. The van der Waals surface area contributed by atoms with Crippen LogP contribution in [0.2, 0.25) is 0 Å². The quantitative estimate of drug-likeness (QED) is 0.591. The highest BCUT2D eigenvalue weighted by Crippen LogP contribution is 2.07. The van der Waals surface area contributed by atoms with Gasteiger partial charge in [-0.15, -0.1) is 6.58 Å². The molecule has 0 bridgehead atoms. The number of aryl methyl sites for hydroxylation is 2. The summed E-state index contributed by atoms with van der Waals surface area (Å²) >= 11 is 4.85. The first-order valence-electron chi connectivity index (χ1n) is 6.75. The number of hydrogen-bond acceptors (Lipinski definition) is 2. The Hall–Kier alpha value is -1.68. The summed E-state index contributed by atoms with van der Waals surface area (Å²) in [6.07, 6.45) is 3.52. The first kappa shape index (κ1) is 16.4. The summed E-state index contributed by atoms with van der Waals surface area (Å²) in [4.78, 5) is 14.4. The van der Waals surface area contributed by atoms with Crippen LogP contribution in [0.3, 0.4) is 0 Å². The molecule has 108 valence electrons. The Balaban J connectivity index is 2.50. The number of nitrogens with two attached hydrogens (primary N) is 1. The molecule has 1 rings (SSSR count). The van der Waals surface area contributed by atoms with E-state index >= 15 is 0 Å². The highest BCUT2D eigenvalue weighted by Gasteiger charge is 2.12. The first-order valence-corrected chi connectivity index (χ1v) is 7.16. The lowest BCUT2D eigenvalue weighted by Crippen LogP contribution is -2.34. The number of amides is 1. The van der Waals surface area contributed by atoms with Crippen molar-refractivity contribution in [1.82, 2.24) is 4.90 Å². The number of carbonyl (C=O) groups is 1. The topological polar surface area (TPSA) is 46.3 Å². The maximum absolute atomic E-state index is 12.2. The molecule has 4 heteroatoms. The van der Waals surface area contributed by atoms with E-state index < -0.39 is 0 Å². The van der Waals surface area contributed by atoms with Crippen molar-refractivity contribution in [3.63, 3.8) is 0 Å². The zero-order chi connectivity index (χ0) is 15.0. The molecule has 0 heterocycles. The zero-order valence-electron chi connectivity index (χ0n) is 12.0. The zero-order valence-corrected chi connectivity index (χ0v) is 12.8. The lowest BCUT2D eigenvalue weighted by molar-refractivity contribution is -0.130. The standard InChI is InChI=1S/C16H22N2OS/c1-3-11-18(12-10-15(17)20)16(19)9-8-14-6-4-13(2)5-7-14/h3-7H,1,8-12H2,2H3,(H2,17,20). The fraction of sp³-hybridized carbons (Fsp3) is 0.375. The average Bonchev–Trinajstić information content (AvgIpc) is 2.42. The molecule has 20 heavy (non-hydrogen) atoms. The van der Waals surface area contributed by atoms with Gasteiger partial charge in [0, 0.05) is 25.9 Å². The molecule has 1 amide bonds. The molecule has 0 fully saturated rings. The van der Waals surface area contributed by atoms with Gasteiger partial charge in [-0.25, -0.2) is 0 Å². The van der Waals surface area contributed by atoms with Crippen molar-refractivity contribution < 1.29 is 4.79 Å².